The van der Waals surface area contributed by atoms with E-state index in [0.29, 0.717) is 42.8 Å². The Balaban J connectivity index is 1.59. The molecule has 4 heteroatoms. The van der Waals surface area contributed by atoms with E-state index in [1.165, 1.54) is 0 Å². The lowest BCUT2D eigenvalue weighted by molar-refractivity contribution is 0.00826. The minimum atomic E-state index is -0.411. The number of hydrogen-bond acceptors (Lipinski definition) is 3. The van der Waals surface area contributed by atoms with E-state index in [2.05, 4.69) is 0 Å². The molecular formula is C17H15FO3. The number of halogens is 1. The van der Waals surface area contributed by atoms with Gasteiger partial charge in [0, 0.05) is 11.5 Å². The van der Waals surface area contributed by atoms with E-state index < -0.39 is 6.10 Å². The van der Waals surface area contributed by atoms with E-state index in [1.54, 1.807) is 12.1 Å². The van der Waals surface area contributed by atoms with Gasteiger partial charge in [-0.25, -0.2) is 4.39 Å². The van der Waals surface area contributed by atoms with E-state index >= 15 is 0 Å². The zero-order valence-corrected chi connectivity index (χ0v) is 11.4. The van der Waals surface area contributed by atoms with Crippen LogP contribution in [0, 0.1) is 5.82 Å². The van der Waals surface area contributed by atoms with E-state index in [9.17, 15) is 4.39 Å². The second-order valence-corrected chi connectivity index (χ2v) is 5.38. The highest BCUT2D eigenvalue weighted by atomic mass is 19.1. The third kappa shape index (κ3) is 2.25. The molecule has 1 unspecified atom stereocenters. The molecule has 0 spiro atoms. The van der Waals surface area contributed by atoms with Crippen LogP contribution in [0.4, 0.5) is 4.39 Å². The number of rotatable bonds is 2. The molecule has 1 saturated heterocycles. The van der Waals surface area contributed by atoms with Crippen molar-refractivity contribution in [3.05, 3.63) is 59.4 Å². The molecule has 2 heterocycles. The summed E-state index contributed by atoms with van der Waals surface area (Å²) in [6.07, 6.45) is -0.411. The van der Waals surface area contributed by atoms with E-state index in [0.717, 1.165) is 5.56 Å². The zero-order chi connectivity index (χ0) is 14.2. The lowest BCUT2D eigenvalue weighted by Crippen LogP contribution is -2.26. The Kier molecular flexibility index (Phi) is 3.04. The van der Waals surface area contributed by atoms with Crippen LogP contribution in [-0.2, 0) is 4.74 Å². The Morgan fingerprint density at radius 2 is 1.76 bits per heavy atom. The van der Waals surface area contributed by atoms with E-state index in [1.807, 2.05) is 30.3 Å². The maximum absolute atomic E-state index is 14.4. The first-order chi connectivity index (χ1) is 10.3. The summed E-state index contributed by atoms with van der Waals surface area (Å²) in [4.78, 5) is 0. The number of hydrogen-bond donors (Lipinski definition) is 0. The van der Waals surface area contributed by atoms with Gasteiger partial charge < -0.3 is 14.2 Å². The summed E-state index contributed by atoms with van der Waals surface area (Å²) in [6, 6.07) is 12.8. The Labute approximate surface area is 122 Å². The van der Waals surface area contributed by atoms with Crippen LogP contribution in [0.3, 0.4) is 0 Å². The SMILES string of the molecule is Fc1cc(C2COC2)ccc1C1COc2ccccc2O1. The van der Waals surface area contributed by atoms with Crippen molar-refractivity contribution >= 4 is 0 Å². The Hall–Kier alpha value is -2.07. The van der Waals surface area contributed by atoms with Gasteiger partial charge in [0.2, 0.25) is 0 Å². The van der Waals surface area contributed by atoms with Crippen molar-refractivity contribution in [1.29, 1.82) is 0 Å². The Morgan fingerprint density at radius 1 is 0.952 bits per heavy atom. The van der Waals surface area contributed by atoms with Crippen molar-refractivity contribution in [1.82, 2.24) is 0 Å². The Morgan fingerprint density at radius 3 is 2.48 bits per heavy atom. The fraction of sp³-hybridized carbons (Fsp3) is 0.294. The molecular weight excluding hydrogens is 271 g/mol. The first-order valence-corrected chi connectivity index (χ1v) is 7.07. The van der Waals surface area contributed by atoms with Gasteiger partial charge >= 0.3 is 0 Å². The summed E-state index contributed by atoms with van der Waals surface area (Å²) < 4.78 is 31.0. The van der Waals surface area contributed by atoms with Crippen LogP contribution in [0.5, 0.6) is 11.5 Å². The average Bonchev–Trinajstić information content (AvgIpc) is 2.45. The molecule has 2 aliphatic heterocycles. The molecule has 0 N–H and O–H groups in total. The first kappa shape index (κ1) is 12.7. The van der Waals surface area contributed by atoms with Gasteiger partial charge in [0.15, 0.2) is 17.6 Å². The lowest BCUT2D eigenvalue weighted by atomic mass is 9.95. The maximum atomic E-state index is 14.4. The van der Waals surface area contributed by atoms with Crippen molar-refractivity contribution in [2.24, 2.45) is 0 Å². The quantitative estimate of drug-likeness (QED) is 0.846. The van der Waals surface area contributed by atoms with Crippen LogP contribution in [0.1, 0.15) is 23.1 Å². The first-order valence-electron chi connectivity index (χ1n) is 7.07. The number of fused-ring (bicyclic) bond motifs is 1. The highest BCUT2D eigenvalue weighted by Gasteiger charge is 2.27. The zero-order valence-electron chi connectivity index (χ0n) is 11.4. The fourth-order valence-corrected chi connectivity index (χ4v) is 2.66. The van der Waals surface area contributed by atoms with Crippen LogP contribution in [-0.4, -0.2) is 19.8 Å². The molecule has 0 aliphatic carbocycles. The summed E-state index contributed by atoms with van der Waals surface area (Å²) in [5.41, 5.74) is 1.52. The molecule has 3 nitrogen and oxygen atoms in total. The molecule has 0 saturated carbocycles. The summed E-state index contributed by atoms with van der Waals surface area (Å²) >= 11 is 0. The summed E-state index contributed by atoms with van der Waals surface area (Å²) in [6.45, 7) is 1.67. The minimum Gasteiger partial charge on any atom is -0.485 e. The van der Waals surface area contributed by atoms with Crippen LogP contribution < -0.4 is 9.47 Å². The molecule has 2 aromatic rings. The van der Waals surface area contributed by atoms with Gasteiger partial charge in [0.1, 0.15) is 12.4 Å². The largest absolute Gasteiger partial charge is 0.485 e. The molecule has 1 atom stereocenters. The number of para-hydroxylation sites is 2. The van der Waals surface area contributed by atoms with Crippen LogP contribution in [0.25, 0.3) is 0 Å². The second kappa shape index (κ2) is 5.04. The highest BCUT2D eigenvalue weighted by Crippen LogP contribution is 2.37. The molecule has 108 valence electrons. The summed E-state index contributed by atoms with van der Waals surface area (Å²) in [5, 5.41) is 0. The molecule has 1 fully saturated rings. The smallest absolute Gasteiger partial charge is 0.162 e. The molecule has 2 aromatic carbocycles. The van der Waals surface area contributed by atoms with Gasteiger partial charge in [-0.2, -0.15) is 0 Å². The van der Waals surface area contributed by atoms with E-state index in [4.69, 9.17) is 14.2 Å². The lowest BCUT2D eigenvalue weighted by Gasteiger charge is -2.29. The van der Waals surface area contributed by atoms with Crippen molar-refractivity contribution in [3.8, 4) is 11.5 Å². The van der Waals surface area contributed by atoms with Crippen LogP contribution in [0.15, 0.2) is 42.5 Å². The second-order valence-electron chi connectivity index (χ2n) is 5.38. The number of benzene rings is 2. The summed E-state index contributed by atoms with van der Waals surface area (Å²) in [5.74, 6) is 1.44. The van der Waals surface area contributed by atoms with Crippen molar-refractivity contribution in [2.75, 3.05) is 19.8 Å². The third-order valence-corrected chi connectivity index (χ3v) is 3.99. The summed E-state index contributed by atoms with van der Waals surface area (Å²) in [7, 11) is 0. The Bertz CT molecular complexity index is 667. The normalized spacial score (nSPS) is 20.9. The number of ether oxygens (including phenoxy) is 3. The fourth-order valence-electron chi connectivity index (χ4n) is 2.66. The van der Waals surface area contributed by atoms with Gasteiger partial charge in [-0.05, 0) is 23.8 Å². The maximum Gasteiger partial charge on any atom is 0.162 e. The minimum absolute atomic E-state index is 0.243. The topological polar surface area (TPSA) is 27.7 Å². The molecule has 21 heavy (non-hydrogen) atoms. The van der Waals surface area contributed by atoms with Gasteiger partial charge in [0.25, 0.3) is 0 Å². The van der Waals surface area contributed by atoms with Crippen LogP contribution in [0.2, 0.25) is 0 Å². The van der Waals surface area contributed by atoms with Gasteiger partial charge in [0.05, 0.1) is 13.2 Å². The highest BCUT2D eigenvalue weighted by molar-refractivity contribution is 5.42. The van der Waals surface area contributed by atoms with Gasteiger partial charge in [-0.3, -0.25) is 0 Å². The monoisotopic (exact) mass is 286 g/mol. The average molecular weight is 286 g/mol. The predicted octanol–water partition coefficient (Wildman–Crippen LogP) is 3.45. The van der Waals surface area contributed by atoms with Crippen molar-refractivity contribution in [3.63, 3.8) is 0 Å². The predicted molar refractivity (Wildman–Crippen MR) is 75.3 cm³/mol. The van der Waals surface area contributed by atoms with Crippen molar-refractivity contribution < 1.29 is 18.6 Å². The van der Waals surface area contributed by atoms with Crippen LogP contribution >= 0.6 is 0 Å². The van der Waals surface area contributed by atoms with Crippen molar-refractivity contribution in [2.45, 2.75) is 12.0 Å². The standard InChI is InChI=1S/C17H15FO3/c18-14-7-11(12-8-19-9-12)5-6-13(14)17-10-20-15-3-1-2-4-16(15)21-17/h1-7,12,17H,8-10H2. The van der Waals surface area contributed by atoms with Gasteiger partial charge in [-0.1, -0.05) is 24.3 Å². The van der Waals surface area contributed by atoms with E-state index in [-0.39, 0.29) is 5.82 Å². The molecule has 2 aliphatic rings. The third-order valence-electron chi connectivity index (χ3n) is 3.99. The molecule has 0 amide bonds. The molecule has 0 aromatic heterocycles. The molecule has 0 radical (unpaired) electrons. The molecule has 4 rings (SSSR count). The molecule has 0 bridgehead atoms. The van der Waals surface area contributed by atoms with Gasteiger partial charge in [-0.15, -0.1) is 0 Å².